The number of carbonyl (C=O) groups excluding carboxylic acids is 1. The molecule has 0 fully saturated rings. The maximum absolute atomic E-state index is 12.5. The Bertz CT molecular complexity index is 1220. The minimum absolute atomic E-state index is 0.0690. The van der Waals surface area contributed by atoms with Gasteiger partial charge < -0.3 is 34.5 Å². The number of amides is 1. The average molecular weight is 483 g/mol. The summed E-state index contributed by atoms with van der Waals surface area (Å²) in [5.41, 5.74) is 1.48. The summed E-state index contributed by atoms with van der Waals surface area (Å²) in [4.78, 5) is 30.2. The van der Waals surface area contributed by atoms with Crippen LogP contribution in [0.2, 0.25) is 0 Å². The second-order valence-corrected chi connectivity index (χ2v) is 8.17. The number of anilines is 1. The summed E-state index contributed by atoms with van der Waals surface area (Å²) >= 11 is 0. The van der Waals surface area contributed by atoms with Crippen LogP contribution < -0.4 is 19.5 Å². The maximum Gasteiger partial charge on any atom is 0.222 e. The summed E-state index contributed by atoms with van der Waals surface area (Å²) in [6.45, 7) is 1.63. The molecular weight excluding hydrogens is 452 g/mol. The third kappa shape index (κ3) is 5.39. The van der Waals surface area contributed by atoms with Crippen molar-refractivity contribution >= 4 is 34.7 Å². The first-order chi connectivity index (χ1) is 17.0. The highest BCUT2D eigenvalue weighted by Crippen LogP contribution is 2.41. The Morgan fingerprint density at radius 3 is 2.80 bits per heavy atom. The number of carbonyl (C=O) groups is 1. The number of ether oxygens (including phenoxy) is 3. The number of aliphatic imine (C=N–C) groups is 1. The van der Waals surface area contributed by atoms with Crippen LogP contribution in [0.4, 0.5) is 11.5 Å². The number of rotatable bonds is 2. The van der Waals surface area contributed by atoms with Crippen molar-refractivity contribution in [2.45, 2.75) is 25.7 Å². The quantitative estimate of drug-likeness (QED) is 0.507. The molecule has 35 heavy (non-hydrogen) atoms. The molecule has 1 aromatic carbocycles. The monoisotopic (exact) mass is 482 g/mol. The first kappa shape index (κ1) is 24.1. The molecule has 0 atom stereocenters. The normalized spacial score (nSPS) is 15.5. The van der Waals surface area contributed by atoms with Gasteiger partial charge in [-0.1, -0.05) is 0 Å². The van der Waals surface area contributed by atoms with E-state index in [4.69, 9.17) is 14.2 Å². The van der Waals surface area contributed by atoms with Crippen LogP contribution >= 0.6 is 0 Å². The minimum Gasteiger partial charge on any atom is -0.494 e. The highest BCUT2D eigenvalue weighted by Gasteiger charge is 2.17. The molecule has 3 aromatic rings. The van der Waals surface area contributed by atoms with E-state index in [1.807, 2.05) is 7.05 Å². The third-order valence-electron chi connectivity index (χ3n) is 5.81. The molecule has 2 aromatic heterocycles. The maximum atomic E-state index is 12.5. The van der Waals surface area contributed by atoms with E-state index in [-0.39, 0.29) is 11.8 Å². The van der Waals surface area contributed by atoms with Gasteiger partial charge in [-0.25, -0.2) is 9.97 Å². The van der Waals surface area contributed by atoms with Crippen LogP contribution in [0.3, 0.4) is 0 Å². The molecule has 0 aliphatic carbocycles. The largest absolute Gasteiger partial charge is 0.494 e. The molecule has 0 unspecified atom stereocenters. The summed E-state index contributed by atoms with van der Waals surface area (Å²) in [7, 11) is 4.90. The first-order valence-electron chi connectivity index (χ1n) is 11.5. The molecule has 3 N–H and O–H groups in total. The summed E-state index contributed by atoms with van der Waals surface area (Å²) < 4.78 is 16.9. The van der Waals surface area contributed by atoms with Gasteiger partial charge in [0.15, 0.2) is 17.4 Å². The molecule has 11 heteroatoms. The number of aromatic hydroxyl groups is 1. The predicted molar refractivity (Wildman–Crippen MR) is 132 cm³/mol. The second-order valence-electron chi connectivity index (χ2n) is 8.17. The Balaban J connectivity index is 1.74. The average Bonchev–Trinajstić information content (AvgIpc) is 3.19. The van der Waals surface area contributed by atoms with Crippen molar-refractivity contribution in [2.24, 2.45) is 4.99 Å². The zero-order chi connectivity index (χ0) is 24.8. The SMILES string of the molecule is COc1cc2cc(c1OC)OCCCCC(=O)N(C)CCCNc1ncnc3[nH]c(O)c(c13)C=N2. The molecule has 1 aliphatic heterocycles. The highest BCUT2D eigenvalue weighted by atomic mass is 16.5. The Hall–Kier alpha value is -4.02. The number of hydrogen-bond donors (Lipinski definition) is 3. The lowest BCUT2D eigenvalue weighted by Crippen LogP contribution is -2.28. The third-order valence-corrected chi connectivity index (χ3v) is 5.81. The zero-order valence-electron chi connectivity index (χ0n) is 20.1. The van der Waals surface area contributed by atoms with E-state index in [9.17, 15) is 9.90 Å². The molecular formula is C24H30N6O5. The van der Waals surface area contributed by atoms with Gasteiger partial charge in [0.2, 0.25) is 11.7 Å². The first-order valence-corrected chi connectivity index (χ1v) is 11.5. The van der Waals surface area contributed by atoms with Crippen LogP contribution in [0.1, 0.15) is 31.2 Å². The molecule has 11 nitrogen and oxygen atoms in total. The van der Waals surface area contributed by atoms with Crippen molar-refractivity contribution in [3.63, 3.8) is 0 Å². The molecule has 186 valence electrons. The lowest BCUT2D eigenvalue weighted by molar-refractivity contribution is -0.130. The fraction of sp³-hybridized carbons (Fsp3) is 0.417. The number of methoxy groups -OCH3 is 2. The number of benzene rings is 1. The number of nitrogens with zero attached hydrogens (tertiary/aromatic N) is 4. The van der Waals surface area contributed by atoms with E-state index in [0.29, 0.717) is 84.3 Å². The summed E-state index contributed by atoms with van der Waals surface area (Å²) in [5, 5.41) is 14.5. The lowest BCUT2D eigenvalue weighted by Gasteiger charge is -2.17. The van der Waals surface area contributed by atoms with Crippen molar-refractivity contribution in [2.75, 3.05) is 46.3 Å². The van der Waals surface area contributed by atoms with Gasteiger partial charge in [-0.05, 0) is 19.3 Å². The topological polar surface area (TPSA) is 134 Å². The Labute approximate surface area is 203 Å². The van der Waals surface area contributed by atoms with Gasteiger partial charge >= 0.3 is 0 Å². The van der Waals surface area contributed by atoms with Crippen LogP contribution in [-0.4, -0.2) is 78.0 Å². The molecule has 1 aliphatic rings. The summed E-state index contributed by atoms with van der Waals surface area (Å²) in [5.74, 6) is 2.00. The molecule has 1 amide bonds. The van der Waals surface area contributed by atoms with E-state index in [1.54, 1.807) is 37.5 Å². The standard InChI is InChI=1S/C24H30N6O5/c1-30-9-6-8-25-22-20-16(24(32)29-23(20)28-14-27-22)13-26-15-11-17(33-2)21(34-3)18(12-15)35-10-5-4-7-19(30)31/h11-14,32H,4-10H2,1-3H3,(H2,25,27,28,29). The number of aromatic nitrogens is 3. The predicted octanol–water partition coefficient (Wildman–Crippen LogP) is 3.25. The van der Waals surface area contributed by atoms with Crippen molar-refractivity contribution in [3.8, 4) is 23.1 Å². The van der Waals surface area contributed by atoms with Gasteiger partial charge in [-0.3, -0.25) is 9.79 Å². The van der Waals surface area contributed by atoms with Crippen LogP contribution in [-0.2, 0) is 4.79 Å². The Morgan fingerprint density at radius 1 is 1.14 bits per heavy atom. The van der Waals surface area contributed by atoms with Crippen molar-refractivity contribution in [3.05, 3.63) is 24.0 Å². The number of aromatic amines is 1. The summed E-state index contributed by atoms with van der Waals surface area (Å²) in [6.07, 6.45) is 5.59. The van der Waals surface area contributed by atoms with Gasteiger partial charge in [-0.2, -0.15) is 0 Å². The molecule has 4 rings (SSSR count). The number of H-pyrrole nitrogens is 1. The molecule has 3 heterocycles. The van der Waals surface area contributed by atoms with E-state index in [2.05, 4.69) is 25.3 Å². The lowest BCUT2D eigenvalue weighted by atomic mass is 10.2. The molecule has 0 saturated heterocycles. The molecule has 0 spiro atoms. The van der Waals surface area contributed by atoms with Gasteiger partial charge in [0.05, 0.1) is 37.5 Å². The van der Waals surface area contributed by atoms with Gasteiger partial charge in [0, 0.05) is 44.9 Å². The molecule has 0 saturated carbocycles. The van der Waals surface area contributed by atoms with E-state index >= 15 is 0 Å². The van der Waals surface area contributed by atoms with Gasteiger partial charge in [0.25, 0.3) is 0 Å². The van der Waals surface area contributed by atoms with Crippen LogP contribution in [0.25, 0.3) is 11.0 Å². The van der Waals surface area contributed by atoms with Crippen LogP contribution in [0, 0.1) is 0 Å². The Kier molecular flexibility index (Phi) is 7.54. The van der Waals surface area contributed by atoms with Crippen molar-refractivity contribution in [1.29, 1.82) is 0 Å². The molecule has 2 bridgehead atoms. The van der Waals surface area contributed by atoms with E-state index < -0.39 is 0 Å². The van der Waals surface area contributed by atoms with Gasteiger partial charge in [0.1, 0.15) is 17.8 Å². The van der Waals surface area contributed by atoms with E-state index in [0.717, 1.165) is 6.42 Å². The fourth-order valence-corrected chi connectivity index (χ4v) is 3.93. The highest BCUT2D eigenvalue weighted by molar-refractivity contribution is 6.06. The molecule has 0 radical (unpaired) electrons. The zero-order valence-corrected chi connectivity index (χ0v) is 20.1. The minimum atomic E-state index is -0.0690. The van der Waals surface area contributed by atoms with Crippen molar-refractivity contribution < 1.29 is 24.1 Å². The van der Waals surface area contributed by atoms with Crippen LogP contribution in [0.5, 0.6) is 23.1 Å². The Morgan fingerprint density at radius 2 is 2.00 bits per heavy atom. The number of nitrogens with one attached hydrogen (secondary N) is 2. The van der Waals surface area contributed by atoms with E-state index in [1.165, 1.54) is 6.33 Å². The number of hydrogen-bond acceptors (Lipinski definition) is 9. The smallest absolute Gasteiger partial charge is 0.222 e. The fourth-order valence-electron chi connectivity index (χ4n) is 3.93. The van der Waals surface area contributed by atoms with Crippen molar-refractivity contribution in [1.82, 2.24) is 19.9 Å². The number of fused-ring (bicyclic) bond motifs is 2. The van der Waals surface area contributed by atoms with Crippen LogP contribution in [0.15, 0.2) is 23.5 Å². The summed E-state index contributed by atoms with van der Waals surface area (Å²) in [6, 6.07) is 3.47. The van der Waals surface area contributed by atoms with Gasteiger partial charge in [-0.15, -0.1) is 0 Å². The second kappa shape index (κ2) is 10.9.